The number of nitrogens with zero attached hydrogens (tertiary/aromatic N) is 2. The van der Waals surface area contributed by atoms with Crippen LogP contribution >= 0.6 is 0 Å². The normalized spacial score (nSPS) is 16.3. The second kappa shape index (κ2) is 24.9. The van der Waals surface area contributed by atoms with Crippen molar-refractivity contribution in [2.75, 3.05) is 106 Å². The first-order valence-corrected chi connectivity index (χ1v) is 17.9. The number of aromatic nitrogens is 2. The van der Waals surface area contributed by atoms with Gasteiger partial charge in [-0.05, 0) is 42.5 Å². The highest BCUT2D eigenvalue weighted by molar-refractivity contribution is 5.60. The van der Waals surface area contributed by atoms with Crippen LogP contribution in [0.3, 0.4) is 0 Å². The summed E-state index contributed by atoms with van der Waals surface area (Å²) in [4.78, 5) is 8.17. The summed E-state index contributed by atoms with van der Waals surface area (Å²) in [5.41, 5.74) is 2.95. The summed E-state index contributed by atoms with van der Waals surface area (Å²) < 4.78 is 58.0. The van der Waals surface area contributed by atoms with Gasteiger partial charge in [0, 0.05) is 48.0 Å². The monoisotopic (exact) mass is 738 g/mol. The van der Waals surface area contributed by atoms with E-state index in [9.17, 15) is 0 Å². The largest absolute Gasteiger partial charge is 0.491 e. The lowest BCUT2D eigenvalue weighted by molar-refractivity contribution is 0.00433. The molecular weight excluding hydrogens is 692 g/mol. The van der Waals surface area contributed by atoms with E-state index in [1.807, 2.05) is 60.7 Å². The maximum Gasteiger partial charge on any atom is 0.138 e. The minimum atomic E-state index is 0.289. The van der Waals surface area contributed by atoms with E-state index >= 15 is 0 Å². The molecule has 0 atom stereocenters. The van der Waals surface area contributed by atoms with Crippen LogP contribution in [0.2, 0.25) is 0 Å². The van der Waals surface area contributed by atoms with Crippen LogP contribution < -0.4 is 18.9 Å². The van der Waals surface area contributed by atoms with Gasteiger partial charge in [-0.25, -0.2) is 0 Å². The van der Waals surface area contributed by atoms with E-state index in [0.717, 1.165) is 11.1 Å². The third-order valence-electron chi connectivity index (χ3n) is 7.38. The summed E-state index contributed by atoms with van der Waals surface area (Å²) in [6.45, 7) is 6.43. The number of fused-ring (bicyclic) bond motifs is 4. The van der Waals surface area contributed by atoms with Crippen molar-refractivity contribution < 1.29 is 47.4 Å². The highest BCUT2D eigenvalue weighted by atomic mass is 16.6. The molecule has 12 nitrogen and oxygen atoms in total. The SMILES string of the molecule is C(#Cc1cc(C#Cc2ccncc2)c2cc1OCCOCCOCCOCCOc1cccc(c1)OCCOCCOCCOCCO2)c1ccncc1. The number of hydrogen-bond acceptors (Lipinski definition) is 12. The Morgan fingerprint density at radius 1 is 0.352 bits per heavy atom. The minimum Gasteiger partial charge on any atom is -0.491 e. The van der Waals surface area contributed by atoms with Gasteiger partial charge in [-0.1, -0.05) is 29.7 Å². The minimum absolute atomic E-state index is 0.289. The molecule has 2 aromatic heterocycles. The molecule has 0 spiro atoms. The lowest BCUT2D eigenvalue weighted by atomic mass is 10.1. The molecule has 4 bridgehead atoms. The van der Waals surface area contributed by atoms with Crippen LogP contribution in [0.1, 0.15) is 22.3 Å². The second-order valence-corrected chi connectivity index (χ2v) is 11.4. The Hall–Kier alpha value is -5.18. The van der Waals surface area contributed by atoms with Crippen molar-refractivity contribution in [2.45, 2.75) is 0 Å². The van der Waals surface area contributed by atoms with Gasteiger partial charge in [-0.3, -0.25) is 9.97 Å². The van der Waals surface area contributed by atoms with Crippen LogP contribution in [0.5, 0.6) is 23.0 Å². The summed E-state index contributed by atoms with van der Waals surface area (Å²) in [7, 11) is 0. The predicted molar refractivity (Wildman–Crippen MR) is 200 cm³/mol. The number of benzene rings is 2. The van der Waals surface area contributed by atoms with Crippen molar-refractivity contribution in [3.63, 3.8) is 0 Å². The molecule has 0 unspecified atom stereocenters. The molecule has 0 fully saturated rings. The third-order valence-corrected chi connectivity index (χ3v) is 7.38. The van der Waals surface area contributed by atoms with Crippen molar-refractivity contribution in [3.05, 3.63) is 108 Å². The Balaban J connectivity index is 1.20. The van der Waals surface area contributed by atoms with E-state index in [-0.39, 0.29) is 13.2 Å². The topological polar surface area (TPSA) is 118 Å². The van der Waals surface area contributed by atoms with E-state index in [1.54, 1.807) is 24.8 Å². The molecule has 2 aromatic carbocycles. The summed E-state index contributed by atoms with van der Waals surface area (Å²) in [6, 6.07) is 18.6. The molecule has 12 heteroatoms. The average molecular weight is 739 g/mol. The van der Waals surface area contributed by atoms with Crippen LogP contribution in [-0.2, 0) is 28.4 Å². The molecule has 0 radical (unpaired) electrons. The zero-order chi connectivity index (χ0) is 37.1. The first-order valence-electron chi connectivity index (χ1n) is 17.9. The fraction of sp³-hybridized carbons (Fsp3) is 0.381. The summed E-state index contributed by atoms with van der Waals surface area (Å²) in [6.07, 6.45) is 6.81. The van der Waals surface area contributed by atoms with E-state index in [2.05, 4.69) is 33.6 Å². The zero-order valence-corrected chi connectivity index (χ0v) is 30.4. The Bertz CT molecular complexity index is 1650. The smallest absolute Gasteiger partial charge is 0.138 e. The van der Waals surface area contributed by atoms with Crippen molar-refractivity contribution >= 4 is 0 Å². The number of hydrogen-bond donors (Lipinski definition) is 0. The molecule has 284 valence electrons. The summed E-state index contributed by atoms with van der Waals surface area (Å²) >= 11 is 0. The molecule has 4 aromatic rings. The van der Waals surface area contributed by atoms with Gasteiger partial charge in [0.2, 0.25) is 0 Å². The van der Waals surface area contributed by atoms with E-state index in [4.69, 9.17) is 47.4 Å². The molecule has 5 rings (SSSR count). The van der Waals surface area contributed by atoms with Gasteiger partial charge in [0.15, 0.2) is 0 Å². The van der Waals surface area contributed by atoms with Gasteiger partial charge in [-0.2, -0.15) is 0 Å². The molecule has 1 aliphatic rings. The highest BCUT2D eigenvalue weighted by Gasteiger charge is 2.12. The van der Waals surface area contributed by atoms with Crippen LogP contribution in [0, 0.1) is 23.7 Å². The molecule has 1 aliphatic heterocycles. The summed E-state index contributed by atoms with van der Waals surface area (Å²) in [5, 5.41) is 0. The molecule has 0 saturated heterocycles. The Labute approximate surface area is 316 Å². The van der Waals surface area contributed by atoms with Crippen molar-refractivity contribution in [1.82, 2.24) is 9.97 Å². The predicted octanol–water partition coefficient (Wildman–Crippen LogP) is 4.60. The van der Waals surface area contributed by atoms with Gasteiger partial charge in [0.25, 0.3) is 0 Å². The van der Waals surface area contributed by atoms with Gasteiger partial charge >= 0.3 is 0 Å². The first-order chi connectivity index (χ1) is 26.8. The molecule has 54 heavy (non-hydrogen) atoms. The third kappa shape index (κ3) is 15.8. The quantitative estimate of drug-likeness (QED) is 0.235. The van der Waals surface area contributed by atoms with Crippen LogP contribution in [0.4, 0.5) is 0 Å². The fourth-order valence-electron chi connectivity index (χ4n) is 4.74. The number of rotatable bonds is 0. The van der Waals surface area contributed by atoms with E-state index < -0.39 is 0 Å². The standard InChI is InChI=1S/C42H46N2O10/c1-2-39-33-40(3-1)52-29-25-48-21-17-46-19-23-50-27-31-54-42-34-41(53-30-26-49-22-18-45-16-20-47-24-28-51-39)37(6-4-35-8-12-43-13-9-35)32-38(42)7-5-36-10-14-44-15-11-36/h1-3,8-15,32-34H,16-31H2. The molecule has 0 aliphatic carbocycles. The Morgan fingerprint density at radius 2 is 0.704 bits per heavy atom. The Morgan fingerprint density at radius 3 is 1.09 bits per heavy atom. The van der Waals surface area contributed by atoms with Crippen molar-refractivity contribution in [3.8, 4) is 46.7 Å². The van der Waals surface area contributed by atoms with E-state index in [1.165, 1.54) is 0 Å². The van der Waals surface area contributed by atoms with E-state index in [0.29, 0.717) is 127 Å². The average Bonchev–Trinajstić information content (AvgIpc) is 3.21. The maximum atomic E-state index is 6.19. The Kier molecular flexibility index (Phi) is 18.5. The molecular formula is C42H46N2O10. The number of pyridine rings is 2. The molecule has 0 amide bonds. The van der Waals surface area contributed by atoms with Crippen molar-refractivity contribution in [1.29, 1.82) is 0 Å². The van der Waals surface area contributed by atoms with Crippen LogP contribution in [0.25, 0.3) is 0 Å². The molecule has 3 heterocycles. The second-order valence-electron chi connectivity index (χ2n) is 11.4. The first kappa shape index (κ1) is 40.0. The van der Waals surface area contributed by atoms with Gasteiger partial charge < -0.3 is 47.4 Å². The van der Waals surface area contributed by atoms with Crippen molar-refractivity contribution in [2.24, 2.45) is 0 Å². The van der Waals surface area contributed by atoms with Gasteiger partial charge in [0.05, 0.1) is 90.4 Å². The van der Waals surface area contributed by atoms with Gasteiger partial charge in [-0.15, -0.1) is 0 Å². The molecule has 0 saturated carbocycles. The van der Waals surface area contributed by atoms with Gasteiger partial charge in [0.1, 0.15) is 49.4 Å². The number of ether oxygens (including phenoxy) is 10. The summed E-state index contributed by atoms with van der Waals surface area (Å²) in [5.74, 6) is 15.4. The van der Waals surface area contributed by atoms with Crippen LogP contribution in [0.15, 0.2) is 85.5 Å². The van der Waals surface area contributed by atoms with Crippen LogP contribution in [-0.4, -0.2) is 116 Å². The molecule has 0 N–H and O–H groups in total. The zero-order valence-electron chi connectivity index (χ0n) is 30.4. The highest BCUT2D eigenvalue weighted by Crippen LogP contribution is 2.29. The lowest BCUT2D eigenvalue weighted by Crippen LogP contribution is -2.15. The maximum absolute atomic E-state index is 6.19. The fourth-order valence-corrected chi connectivity index (χ4v) is 4.74. The lowest BCUT2D eigenvalue weighted by Gasteiger charge is -2.14.